The number of aliphatic hydroxyl groups excluding tert-OH is 1. The van der Waals surface area contributed by atoms with Crippen LogP contribution < -0.4 is 5.32 Å². The highest BCUT2D eigenvalue weighted by Gasteiger charge is 2.31. The summed E-state index contributed by atoms with van der Waals surface area (Å²) in [4.78, 5) is 18.8. The highest BCUT2D eigenvalue weighted by Crippen LogP contribution is 2.28. The molecule has 5 heteroatoms. The van der Waals surface area contributed by atoms with Crippen LogP contribution >= 0.6 is 0 Å². The van der Waals surface area contributed by atoms with Crippen LogP contribution in [0.15, 0.2) is 42.6 Å². The monoisotopic (exact) mass is 339 g/mol. The van der Waals surface area contributed by atoms with Gasteiger partial charge in [0, 0.05) is 30.2 Å². The Labute approximate surface area is 148 Å². The molecule has 1 aliphatic heterocycles. The maximum atomic E-state index is 12.7. The summed E-state index contributed by atoms with van der Waals surface area (Å²) >= 11 is 0. The predicted octanol–water partition coefficient (Wildman–Crippen LogP) is 3.82. The van der Waals surface area contributed by atoms with Crippen LogP contribution in [0.25, 0.3) is 0 Å². The summed E-state index contributed by atoms with van der Waals surface area (Å²) in [5.74, 6) is 0. The number of pyridine rings is 1. The van der Waals surface area contributed by atoms with Crippen molar-refractivity contribution in [3.8, 4) is 0 Å². The molecule has 2 aromatic rings. The molecule has 2 N–H and O–H groups in total. The number of benzene rings is 1. The van der Waals surface area contributed by atoms with E-state index in [1.54, 1.807) is 6.20 Å². The lowest BCUT2D eigenvalue weighted by Crippen LogP contribution is -2.39. The second kappa shape index (κ2) is 7.66. The number of carbonyl (C=O) groups is 1. The maximum Gasteiger partial charge on any atom is 0.322 e. The van der Waals surface area contributed by atoms with Crippen LogP contribution in [0.3, 0.4) is 0 Å². The number of anilines is 1. The molecule has 1 aromatic carbocycles. The molecule has 0 bridgehead atoms. The molecule has 0 radical (unpaired) electrons. The van der Waals surface area contributed by atoms with E-state index in [0.29, 0.717) is 6.42 Å². The van der Waals surface area contributed by atoms with Crippen molar-refractivity contribution in [1.82, 2.24) is 9.88 Å². The Morgan fingerprint density at radius 3 is 2.88 bits per heavy atom. The van der Waals surface area contributed by atoms with Gasteiger partial charge in [0.25, 0.3) is 0 Å². The Kier molecular flexibility index (Phi) is 5.34. The number of urea groups is 1. The van der Waals surface area contributed by atoms with Crippen molar-refractivity contribution >= 4 is 11.7 Å². The molecular weight excluding hydrogens is 314 g/mol. The summed E-state index contributed by atoms with van der Waals surface area (Å²) in [6, 6.07) is 11.5. The zero-order chi connectivity index (χ0) is 17.8. The first-order chi connectivity index (χ1) is 12.0. The molecular formula is C20H25N3O2. The standard InChI is InChI=1S/C20H25N3O2/c1-14-13-21-15(2)11-18(14)22-20(25)23-10-6-9-17(23)12-19(24)16-7-4-3-5-8-16/h3-5,7-8,11,13,17,19,24H,6,9-10,12H2,1-2H3,(H,21,22,25)/t17-,19-/m1/s1. The molecule has 0 spiro atoms. The molecule has 2 heterocycles. The van der Waals surface area contributed by atoms with Gasteiger partial charge in [-0.3, -0.25) is 4.98 Å². The van der Waals surface area contributed by atoms with Gasteiger partial charge >= 0.3 is 6.03 Å². The van der Waals surface area contributed by atoms with Crippen LogP contribution in [-0.4, -0.2) is 33.6 Å². The molecule has 3 rings (SSSR count). The van der Waals surface area contributed by atoms with Crippen molar-refractivity contribution in [2.45, 2.75) is 45.3 Å². The lowest BCUT2D eigenvalue weighted by atomic mass is 10.0. The molecule has 132 valence electrons. The Bertz CT molecular complexity index is 733. The highest BCUT2D eigenvalue weighted by molar-refractivity contribution is 5.90. The Morgan fingerprint density at radius 1 is 1.36 bits per heavy atom. The van der Waals surface area contributed by atoms with Gasteiger partial charge in [-0.1, -0.05) is 30.3 Å². The first-order valence-electron chi connectivity index (χ1n) is 8.78. The van der Waals surface area contributed by atoms with E-state index < -0.39 is 6.10 Å². The fourth-order valence-electron chi connectivity index (χ4n) is 3.37. The highest BCUT2D eigenvalue weighted by atomic mass is 16.3. The molecule has 2 amide bonds. The number of aryl methyl sites for hydroxylation is 2. The van der Waals surface area contributed by atoms with Gasteiger partial charge in [-0.2, -0.15) is 0 Å². The first kappa shape index (κ1) is 17.4. The van der Waals surface area contributed by atoms with Crippen LogP contribution in [0.2, 0.25) is 0 Å². The maximum absolute atomic E-state index is 12.7. The Hall–Kier alpha value is -2.40. The van der Waals surface area contributed by atoms with Gasteiger partial charge in [-0.25, -0.2) is 4.79 Å². The summed E-state index contributed by atoms with van der Waals surface area (Å²) in [5, 5.41) is 13.5. The molecule has 1 fully saturated rings. The normalized spacial score (nSPS) is 18.2. The first-order valence-corrected chi connectivity index (χ1v) is 8.78. The summed E-state index contributed by atoms with van der Waals surface area (Å²) in [7, 11) is 0. The van der Waals surface area contributed by atoms with Gasteiger partial charge in [0.15, 0.2) is 0 Å². The third-order valence-electron chi connectivity index (χ3n) is 4.80. The van der Waals surface area contributed by atoms with E-state index in [-0.39, 0.29) is 12.1 Å². The fourth-order valence-corrected chi connectivity index (χ4v) is 3.37. The minimum atomic E-state index is -0.551. The third-order valence-corrected chi connectivity index (χ3v) is 4.80. The lowest BCUT2D eigenvalue weighted by Gasteiger charge is -2.27. The van der Waals surface area contributed by atoms with Crippen LogP contribution in [0.1, 0.15) is 42.2 Å². The third kappa shape index (κ3) is 4.17. The molecule has 25 heavy (non-hydrogen) atoms. The number of rotatable bonds is 4. The topological polar surface area (TPSA) is 65.5 Å². The number of nitrogens with one attached hydrogen (secondary N) is 1. The fraction of sp³-hybridized carbons (Fsp3) is 0.400. The SMILES string of the molecule is Cc1cc(NC(=O)N2CCC[C@@H]2C[C@@H](O)c2ccccc2)c(C)cn1. The van der Waals surface area contributed by atoms with Gasteiger partial charge < -0.3 is 15.3 Å². The molecule has 0 unspecified atom stereocenters. The largest absolute Gasteiger partial charge is 0.388 e. The van der Waals surface area contributed by atoms with Crippen molar-refractivity contribution in [3.63, 3.8) is 0 Å². The van der Waals surface area contributed by atoms with Gasteiger partial charge in [-0.05, 0) is 50.3 Å². The molecule has 0 aliphatic carbocycles. The number of aliphatic hydroxyl groups is 1. The van der Waals surface area contributed by atoms with Gasteiger partial charge in [0.05, 0.1) is 6.10 Å². The van der Waals surface area contributed by atoms with E-state index in [1.807, 2.05) is 55.1 Å². The number of aromatic nitrogens is 1. The van der Waals surface area contributed by atoms with Crippen LogP contribution in [-0.2, 0) is 0 Å². The number of hydrogen-bond donors (Lipinski definition) is 2. The Balaban J connectivity index is 1.66. The summed E-state index contributed by atoms with van der Waals surface area (Å²) in [6.45, 7) is 4.56. The number of carbonyl (C=O) groups excluding carboxylic acids is 1. The van der Waals surface area contributed by atoms with Crippen LogP contribution in [0.4, 0.5) is 10.5 Å². The summed E-state index contributed by atoms with van der Waals surface area (Å²) in [5.41, 5.74) is 3.51. The molecule has 5 nitrogen and oxygen atoms in total. The number of amides is 2. The molecule has 1 aliphatic rings. The van der Waals surface area contributed by atoms with Crippen molar-refractivity contribution in [3.05, 3.63) is 59.4 Å². The van der Waals surface area contributed by atoms with E-state index in [4.69, 9.17) is 0 Å². The average Bonchev–Trinajstić information content (AvgIpc) is 3.07. The summed E-state index contributed by atoms with van der Waals surface area (Å²) in [6.07, 6.45) is 3.67. The molecule has 2 atom stereocenters. The number of likely N-dealkylation sites (tertiary alicyclic amines) is 1. The van der Waals surface area contributed by atoms with Crippen molar-refractivity contribution < 1.29 is 9.90 Å². The molecule has 0 saturated carbocycles. The van der Waals surface area contributed by atoms with E-state index in [1.165, 1.54) is 0 Å². The van der Waals surface area contributed by atoms with E-state index in [2.05, 4.69) is 10.3 Å². The lowest BCUT2D eigenvalue weighted by molar-refractivity contribution is 0.130. The van der Waals surface area contributed by atoms with Crippen LogP contribution in [0.5, 0.6) is 0 Å². The summed E-state index contributed by atoms with van der Waals surface area (Å²) < 4.78 is 0. The van der Waals surface area contributed by atoms with Gasteiger partial charge in [0.2, 0.25) is 0 Å². The van der Waals surface area contributed by atoms with Crippen molar-refractivity contribution in [2.24, 2.45) is 0 Å². The molecule has 1 aromatic heterocycles. The van der Waals surface area contributed by atoms with Crippen molar-refractivity contribution in [2.75, 3.05) is 11.9 Å². The van der Waals surface area contributed by atoms with E-state index in [9.17, 15) is 9.90 Å². The number of nitrogens with zero attached hydrogens (tertiary/aromatic N) is 2. The Morgan fingerprint density at radius 2 is 2.12 bits per heavy atom. The zero-order valence-electron chi connectivity index (χ0n) is 14.8. The second-order valence-corrected chi connectivity index (χ2v) is 6.72. The van der Waals surface area contributed by atoms with Gasteiger partial charge in [-0.15, -0.1) is 0 Å². The minimum Gasteiger partial charge on any atom is -0.388 e. The minimum absolute atomic E-state index is 0.0541. The molecule has 1 saturated heterocycles. The number of hydrogen-bond acceptors (Lipinski definition) is 3. The smallest absolute Gasteiger partial charge is 0.322 e. The van der Waals surface area contributed by atoms with Gasteiger partial charge in [0.1, 0.15) is 0 Å². The van der Waals surface area contributed by atoms with Crippen molar-refractivity contribution in [1.29, 1.82) is 0 Å². The predicted molar refractivity (Wildman–Crippen MR) is 98.5 cm³/mol. The average molecular weight is 339 g/mol. The van der Waals surface area contributed by atoms with E-state index in [0.717, 1.165) is 41.9 Å². The second-order valence-electron chi connectivity index (χ2n) is 6.72. The quantitative estimate of drug-likeness (QED) is 0.890. The van der Waals surface area contributed by atoms with Crippen LogP contribution in [0, 0.1) is 13.8 Å². The zero-order valence-corrected chi connectivity index (χ0v) is 14.8. The van der Waals surface area contributed by atoms with E-state index >= 15 is 0 Å².